The molecule has 1 aliphatic heterocycles. The van der Waals surface area contributed by atoms with Crippen molar-refractivity contribution in [3.63, 3.8) is 0 Å². The van der Waals surface area contributed by atoms with Gasteiger partial charge in [0.05, 0.1) is 44.1 Å². The molecule has 3 aromatic rings. The summed E-state index contributed by atoms with van der Waals surface area (Å²) in [5.41, 5.74) is 2.88. The number of methoxy groups -OCH3 is 1. The number of amides is 2. The molecule has 11 nitrogen and oxygen atoms in total. The molecule has 1 saturated heterocycles. The van der Waals surface area contributed by atoms with E-state index in [2.05, 4.69) is 10.2 Å². The lowest BCUT2D eigenvalue weighted by molar-refractivity contribution is -0.137. The number of nitrogens with zero attached hydrogens (tertiary/aromatic N) is 2. The van der Waals surface area contributed by atoms with Gasteiger partial charge >= 0.3 is 6.09 Å². The average Bonchev–Trinajstić information content (AvgIpc) is 3.45. The van der Waals surface area contributed by atoms with Gasteiger partial charge in [-0.2, -0.15) is 0 Å². The molecule has 0 bridgehead atoms. The molecule has 1 aliphatic carbocycles. The van der Waals surface area contributed by atoms with E-state index in [1.165, 1.54) is 7.11 Å². The van der Waals surface area contributed by atoms with Crippen molar-refractivity contribution in [2.45, 2.75) is 76.0 Å². The summed E-state index contributed by atoms with van der Waals surface area (Å²) in [6, 6.07) is 23.8. The fraction of sp³-hybridized carbons (Fsp3) is 0.500. The van der Waals surface area contributed by atoms with E-state index in [1.807, 2.05) is 78.9 Å². The average molecular weight is 704 g/mol. The van der Waals surface area contributed by atoms with Crippen molar-refractivity contribution in [3.8, 4) is 5.75 Å². The van der Waals surface area contributed by atoms with Crippen LogP contribution in [0.15, 0.2) is 78.9 Å². The number of fused-ring (bicyclic) bond motifs is 1. The molecule has 0 spiro atoms. The second-order valence-corrected chi connectivity index (χ2v) is 14.0. The summed E-state index contributed by atoms with van der Waals surface area (Å²) in [5, 5.41) is 25.6. The standard InChI is InChI=1S/C40H53N3O8/c1-40(2,28-48-3)51-39(47)41-34(25-29-9-5-4-6-10-29)35(44)17-18-37(46)43(38-33-12-8-7-11-31(33)26-36(38)45)27-30-13-15-32(16-14-30)50-24-21-42-19-22-49-23-20-42/h4-16,34-36,38,44-45H,17-28H2,1-3H3,(H,41,47)/t34-,35-,36+,38-/m0/s1. The number of morpholine rings is 1. The van der Waals surface area contributed by atoms with Gasteiger partial charge in [0, 0.05) is 46.1 Å². The van der Waals surface area contributed by atoms with Crippen LogP contribution in [0, 0.1) is 0 Å². The molecular formula is C40H53N3O8. The molecule has 11 heteroatoms. The van der Waals surface area contributed by atoms with Crippen LogP contribution in [0.3, 0.4) is 0 Å². The molecule has 0 saturated carbocycles. The number of rotatable bonds is 17. The van der Waals surface area contributed by atoms with Gasteiger partial charge in [-0.15, -0.1) is 0 Å². The van der Waals surface area contributed by atoms with E-state index in [-0.39, 0.29) is 31.9 Å². The number of hydrogen-bond acceptors (Lipinski definition) is 9. The van der Waals surface area contributed by atoms with Crippen molar-refractivity contribution in [2.75, 3.05) is 53.2 Å². The van der Waals surface area contributed by atoms with Gasteiger partial charge in [-0.05, 0) is 61.1 Å². The first-order chi connectivity index (χ1) is 24.6. The second kappa shape index (κ2) is 18.5. The minimum absolute atomic E-state index is 0.00642. The van der Waals surface area contributed by atoms with Gasteiger partial charge in [0.25, 0.3) is 0 Å². The number of benzene rings is 3. The van der Waals surface area contributed by atoms with Crippen molar-refractivity contribution in [1.29, 1.82) is 0 Å². The number of ether oxygens (including phenoxy) is 4. The molecule has 3 aromatic carbocycles. The molecule has 2 aliphatic rings. The van der Waals surface area contributed by atoms with Crippen molar-refractivity contribution >= 4 is 12.0 Å². The summed E-state index contributed by atoms with van der Waals surface area (Å²) in [5.74, 6) is 0.545. The van der Waals surface area contributed by atoms with Crippen LogP contribution in [0.25, 0.3) is 0 Å². The van der Waals surface area contributed by atoms with Crippen molar-refractivity contribution in [1.82, 2.24) is 15.1 Å². The molecule has 1 heterocycles. The highest BCUT2D eigenvalue weighted by atomic mass is 16.6. The van der Waals surface area contributed by atoms with E-state index in [4.69, 9.17) is 18.9 Å². The number of carbonyl (C=O) groups is 2. The van der Waals surface area contributed by atoms with E-state index in [0.717, 1.165) is 60.9 Å². The van der Waals surface area contributed by atoms with Crippen LogP contribution in [0.1, 0.15) is 55.0 Å². The third kappa shape index (κ3) is 11.2. The summed E-state index contributed by atoms with van der Waals surface area (Å²) >= 11 is 0. The maximum absolute atomic E-state index is 14.2. The first-order valence-electron chi connectivity index (χ1n) is 17.9. The Kier molecular flexibility index (Phi) is 13.9. The van der Waals surface area contributed by atoms with Crippen LogP contribution < -0.4 is 10.1 Å². The molecule has 0 radical (unpaired) electrons. The topological polar surface area (TPSA) is 130 Å². The molecular weight excluding hydrogens is 650 g/mol. The minimum atomic E-state index is -1.05. The quantitative estimate of drug-likeness (QED) is 0.189. The van der Waals surface area contributed by atoms with Gasteiger partial charge in [-0.3, -0.25) is 9.69 Å². The van der Waals surface area contributed by atoms with Crippen molar-refractivity contribution < 1.29 is 38.7 Å². The highest BCUT2D eigenvalue weighted by Crippen LogP contribution is 2.37. The number of aliphatic hydroxyl groups is 2. The third-order valence-corrected chi connectivity index (χ3v) is 9.46. The Bertz CT molecular complexity index is 1530. The monoisotopic (exact) mass is 703 g/mol. The maximum Gasteiger partial charge on any atom is 0.408 e. The molecule has 1 fully saturated rings. The Morgan fingerprint density at radius 3 is 2.43 bits per heavy atom. The van der Waals surface area contributed by atoms with E-state index >= 15 is 0 Å². The molecule has 276 valence electrons. The number of aliphatic hydroxyl groups excluding tert-OH is 2. The molecule has 4 atom stereocenters. The number of alkyl carbamates (subject to hydrolysis) is 1. The van der Waals surface area contributed by atoms with Crippen LogP contribution in [0.2, 0.25) is 0 Å². The summed E-state index contributed by atoms with van der Waals surface area (Å²) in [4.78, 5) is 31.1. The predicted molar refractivity (Wildman–Crippen MR) is 193 cm³/mol. The van der Waals surface area contributed by atoms with Gasteiger partial charge in [0.1, 0.15) is 18.0 Å². The SMILES string of the molecule is COCC(C)(C)OC(=O)N[C@@H](Cc1ccccc1)[C@@H](O)CCC(=O)N(Cc1ccc(OCCN2CCOCC2)cc1)[C@H]1c2ccccc2C[C@H]1O. The number of nitrogens with one attached hydrogen (secondary N) is 1. The summed E-state index contributed by atoms with van der Waals surface area (Å²) in [6.07, 6.45) is -1.60. The number of carbonyl (C=O) groups excluding carboxylic acids is 2. The number of hydrogen-bond donors (Lipinski definition) is 3. The second-order valence-electron chi connectivity index (χ2n) is 14.0. The lowest BCUT2D eigenvalue weighted by atomic mass is 9.97. The highest BCUT2D eigenvalue weighted by Gasteiger charge is 2.38. The van der Waals surface area contributed by atoms with E-state index in [1.54, 1.807) is 18.7 Å². The van der Waals surface area contributed by atoms with E-state index < -0.39 is 36.0 Å². The fourth-order valence-corrected chi connectivity index (χ4v) is 6.85. The third-order valence-electron chi connectivity index (χ3n) is 9.46. The van der Waals surface area contributed by atoms with Crippen molar-refractivity contribution in [3.05, 3.63) is 101 Å². The van der Waals surface area contributed by atoms with Crippen LogP contribution >= 0.6 is 0 Å². The minimum Gasteiger partial charge on any atom is -0.492 e. The lowest BCUT2D eigenvalue weighted by Crippen LogP contribution is -2.48. The molecule has 0 aromatic heterocycles. The Morgan fingerprint density at radius 2 is 1.71 bits per heavy atom. The van der Waals surface area contributed by atoms with E-state index in [9.17, 15) is 19.8 Å². The zero-order chi connectivity index (χ0) is 36.2. The van der Waals surface area contributed by atoms with Gasteiger partial charge < -0.3 is 39.4 Å². The molecule has 0 unspecified atom stereocenters. The first-order valence-corrected chi connectivity index (χ1v) is 17.9. The Morgan fingerprint density at radius 1 is 1.00 bits per heavy atom. The zero-order valence-electron chi connectivity index (χ0n) is 30.0. The van der Waals surface area contributed by atoms with Gasteiger partial charge in [-0.1, -0.05) is 66.7 Å². The molecule has 2 amide bonds. The fourth-order valence-electron chi connectivity index (χ4n) is 6.85. The molecule has 5 rings (SSSR count). The van der Waals surface area contributed by atoms with Gasteiger partial charge in [0.2, 0.25) is 5.91 Å². The van der Waals surface area contributed by atoms with Crippen LogP contribution in [0.5, 0.6) is 5.75 Å². The Labute approximate surface area is 301 Å². The van der Waals surface area contributed by atoms with Crippen LogP contribution in [-0.2, 0) is 38.4 Å². The Balaban J connectivity index is 1.27. The van der Waals surface area contributed by atoms with Crippen LogP contribution in [0.4, 0.5) is 4.79 Å². The van der Waals surface area contributed by atoms with E-state index in [0.29, 0.717) is 19.4 Å². The lowest BCUT2D eigenvalue weighted by Gasteiger charge is -2.33. The summed E-state index contributed by atoms with van der Waals surface area (Å²) in [7, 11) is 1.53. The van der Waals surface area contributed by atoms with Gasteiger partial charge in [0.15, 0.2) is 0 Å². The van der Waals surface area contributed by atoms with Crippen LogP contribution in [-0.4, -0.2) is 109 Å². The zero-order valence-corrected chi connectivity index (χ0v) is 30.0. The summed E-state index contributed by atoms with van der Waals surface area (Å²) in [6.45, 7) is 8.67. The largest absolute Gasteiger partial charge is 0.492 e. The van der Waals surface area contributed by atoms with Crippen molar-refractivity contribution in [2.24, 2.45) is 0 Å². The van der Waals surface area contributed by atoms with Gasteiger partial charge in [-0.25, -0.2) is 4.79 Å². The molecule has 51 heavy (non-hydrogen) atoms. The normalized spacial score (nSPS) is 18.8. The predicted octanol–water partition coefficient (Wildman–Crippen LogP) is 4.29. The summed E-state index contributed by atoms with van der Waals surface area (Å²) < 4.78 is 22.2. The maximum atomic E-state index is 14.2. The molecule has 3 N–H and O–H groups in total. The smallest absolute Gasteiger partial charge is 0.408 e. The highest BCUT2D eigenvalue weighted by molar-refractivity contribution is 5.77. The first kappa shape index (κ1) is 38.2. The Hall–Kier alpha value is -4.00.